The molecule has 0 saturated carbocycles. The van der Waals surface area contributed by atoms with Crippen LogP contribution in [0.15, 0.2) is 59.2 Å². The van der Waals surface area contributed by atoms with Crippen molar-refractivity contribution in [1.29, 1.82) is 0 Å². The molecule has 31 heavy (non-hydrogen) atoms. The largest absolute Gasteiger partial charge is 0.289 e. The summed E-state index contributed by atoms with van der Waals surface area (Å²) in [4.78, 5) is 25.2. The Kier molecular flexibility index (Phi) is 6.95. The summed E-state index contributed by atoms with van der Waals surface area (Å²) in [5.41, 5.74) is 2.92. The molecule has 0 amide bonds. The molecule has 1 aromatic rings. The lowest BCUT2D eigenvalue weighted by atomic mass is 9.70. The highest BCUT2D eigenvalue weighted by Crippen LogP contribution is 2.43. The number of hydrogen-bond acceptors (Lipinski definition) is 3. The van der Waals surface area contributed by atoms with Crippen molar-refractivity contribution in [2.24, 2.45) is 10.8 Å². The van der Waals surface area contributed by atoms with Crippen LogP contribution in [-0.2, 0) is 14.6 Å². The molecule has 1 aliphatic carbocycles. The van der Waals surface area contributed by atoms with Gasteiger partial charge < -0.3 is 0 Å². The van der Waals surface area contributed by atoms with E-state index in [1.165, 1.54) is 0 Å². The Bertz CT molecular complexity index is 870. The van der Waals surface area contributed by atoms with Crippen molar-refractivity contribution in [3.05, 3.63) is 64.8 Å². The summed E-state index contributed by atoms with van der Waals surface area (Å²) in [5.74, 6) is 0.126. The van der Waals surface area contributed by atoms with Gasteiger partial charge in [0.1, 0.15) is 5.60 Å². The second-order valence-electron chi connectivity index (χ2n) is 11.9. The summed E-state index contributed by atoms with van der Waals surface area (Å²) in [6.07, 6.45) is 4.09. The van der Waals surface area contributed by atoms with Gasteiger partial charge in [0.25, 0.3) is 0 Å². The van der Waals surface area contributed by atoms with E-state index in [2.05, 4.69) is 53.7 Å². The summed E-state index contributed by atoms with van der Waals surface area (Å²) < 4.78 is 0. The Morgan fingerprint density at radius 3 is 1.52 bits per heavy atom. The summed E-state index contributed by atoms with van der Waals surface area (Å²) in [6, 6.07) is 10.2. The molecule has 0 aliphatic heterocycles. The van der Waals surface area contributed by atoms with E-state index in [-0.39, 0.29) is 16.6 Å². The molecule has 3 nitrogen and oxygen atoms in total. The minimum atomic E-state index is -0.747. The fraction of sp³-hybridized carbons (Fsp3) is 0.536. The van der Waals surface area contributed by atoms with Crippen molar-refractivity contribution >= 4 is 11.4 Å². The number of carbonyl (C=O) groups is 1. The smallest absolute Gasteiger partial charge is 0.186 e. The minimum absolute atomic E-state index is 0.126. The molecule has 0 unspecified atom stereocenters. The van der Waals surface area contributed by atoms with Crippen molar-refractivity contribution in [1.82, 2.24) is 0 Å². The molecule has 0 atom stereocenters. The Balaban J connectivity index is 2.84. The molecule has 0 radical (unpaired) electrons. The number of carbonyl (C=O) groups excluding carboxylic acids is 1. The first kappa shape index (κ1) is 25.3. The zero-order valence-corrected chi connectivity index (χ0v) is 21.3. The Morgan fingerprint density at radius 1 is 0.677 bits per heavy atom. The fourth-order valence-corrected chi connectivity index (χ4v) is 3.62. The third-order valence-corrected chi connectivity index (χ3v) is 5.16. The molecule has 0 heterocycles. The van der Waals surface area contributed by atoms with Gasteiger partial charge in [-0.15, -0.1) is 0 Å². The van der Waals surface area contributed by atoms with E-state index in [4.69, 9.17) is 9.78 Å². The number of Topliss-reactive ketones (excluding diaryl/α,β-unsaturated/α-hetero) is 1. The highest BCUT2D eigenvalue weighted by atomic mass is 17.2. The third kappa shape index (κ3) is 6.27. The van der Waals surface area contributed by atoms with Gasteiger partial charge in [-0.05, 0) is 68.7 Å². The standard InChI is InChI=1S/C28H40O3/c1-25(2,3)21-17-20(18-22(24(21)29)26(4,5)6)23(19-15-13-12-14-16-19)28(10,11)31-30-27(7,8)9/h12-18H,1-11H3. The van der Waals surface area contributed by atoms with Gasteiger partial charge in [0, 0.05) is 16.7 Å². The van der Waals surface area contributed by atoms with Crippen molar-refractivity contribution in [2.45, 2.75) is 87.4 Å². The van der Waals surface area contributed by atoms with Crippen LogP contribution < -0.4 is 0 Å². The lowest BCUT2D eigenvalue weighted by Crippen LogP contribution is -2.33. The van der Waals surface area contributed by atoms with Crippen molar-refractivity contribution in [3.8, 4) is 0 Å². The highest BCUT2D eigenvalue weighted by molar-refractivity contribution is 6.12. The van der Waals surface area contributed by atoms with Gasteiger partial charge in [0.2, 0.25) is 0 Å². The molecule has 2 rings (SSSR count). The molecule has 3 heteroatoms. The average molecular weight is 425 g/mol. The van der Waals surface area contributed by atoms with E-state index in [9.17, 15) is 4.79 Å². The van der Waals surface area contributed by atoms with Crippen molar-refractivity contribution in [2.75, 3.05) is 0 Å². The van der Waals surface area contributed by atoms with Gasteiger partial charge in [0.15, 0.2) is 5.78 Å². The Morgan fingerprint density at radius 2 is 1.13 bits per heavy atom. The van der Waals surface area contributed by atoms with E-state index in [1.807, 2.05) is 65.0 Å². The van der Waals surface area contributed by atoms with Gasteiger partial charge in [-0.25, -0.2) is 9.78 Å². The summed E-state index contributed by atoms with van der Waals surface area (Å²) in [7, 11) is 0. The fourth-order valence-electron chi connectivity index (χ4n) is 3.62. The number of benzene rings is 1. The van der Waals surface area contributed by atoms with Gasteiger partial charge in [-0.2, -0.15) is 0 Å². The second kappa shape index (κ2) is 8.52. The predicted molar refractivity (Wildman–Crippen MR) is 129 cm³/mol. The Hall–Kier alpha value is -1.97. The minimum Gasteiger partial charge on any atom is -0.289 e. The zero-order valence-electron chi connectivity index (χ0n) is 21.3. The van der Waals surface area contributed by atoms with Crippen LogP contribution in [0.2, 0.25) is 0 Å². The van der Waals surface area contributed by atoms with E-state index < -0.39 is 11.2 Å². The number of allylic oxidation sites excluding steroid dienone is 5. The molecular formula is C28H40O3. The molecule has 0 spiro atoms. The molecule has 170 valence electrons. The maximum atomic E-state index is 13.4. The molecule has 0 saturated heterocycles. The zero-order chi connectivity index (χ0) is 23.8. The molecule has 1 aliphatic rings. The normalized spacial score (nSPS) is 16.2. The number of rotatable bonds is 4. The van der Waals surface area contributed by atoms with Crippen LogP contribution in [0.3, 0.4) is 0 Å². The van der Waals surface area contributed by atoms with E-state index in [1.54, 1.807) is 0 Å². The highest BCUT2D eigenvalue weighted by Gasteiger charge is 2.37. The van der Waals surface area contributed by atoms with Gasteiger partial charge >= 0.3 is 0 Å². The average Bonchev–Trinajstić information content (AvgIpc) is 2.60. The molecule has 1 aromatic carbocycles. The van der Waals surface area contributed by atoms with Crippen LogP contribution in [0.1, 0.15) is 81.7 Å². The van der Waals surface area contributed by atoms with Crippen LogP contribution >= 0.6 is 0 Å². The molecule has 0 N–H and O–H groups in total. The lowest BCUT2D eigenvalue weighted by molar-refractivity contribution is -0.384. The SMILES string of the molecule is CC(C)(C)OOC(C)(C)C(=C1C=C(C(C)(C)C)C(=O)C(C(C)(C)C)=C1)c1ccccc1. The van der Waals surface area contributed by atoms with Crippen molar-refractivity contribution in [3.63, 3.8) is 0 Å². The van der Waals surface area contributed by atoms with Crippen LogP contribution in [0.5, 0.6) is 0 Å². The first-order chi connectivity index (χ1) is 13.9. The summed E-state index contributed by atoms with van der Waals surface area (Å²) in [5, 5.41) is 0. The molecule has 0 aromatic heterocycles. The molecule has 0 fully saturated rings. The van der Waals surface area contributed by atoms with Gasteiger partial charge in [0.05, 0.1) is 5.60 Å². The number of ketones is 1. The number of hydrogen-bond donors (Lipinski definition) is 0. The molecule has 0 bridgehead atoms. The predicted octanol–water partition coefficient (Wildman–Crippen LogP) is 7.49. The van der Waals surface area contributed by atoms with E-state index in [0.29, 0.717) is 0 Å². The lowest BCUT2D eigenvalue weighted by Gasteiger charge is -2.35. The first-order valence-corrected chi connectivity index (χ1v) is 11.1. The molecular weight excluding hydrogens is 384 g/mol. The summed E-state index contributed by atoms with van der Waals surface area (Å²) in [6.45, 7) is 22.5. The Labute approximate surface area is 189 Å². The van der Waals surface area contributed by atoms with Crippen molar-refractivity contribution < 1.29 is 14.6 Å². The third-order valence-electron chi connectivity index (χ3n) is 5.16. The maximum absolute atomic E-state index is 13.4. The van der Waals surface area contributed by atoms with Crippen LogP contribution in [0.4, 0.5) is 0 Å². The maximum Gasteiger partial charge on any atom is 0.186 e. The summed E-state index contributed by atoms with van der Waals surface area (Å²) >= 11 is 0. The van der Waals surface area contributed by atoms with Crippen LogP contribution in [0, 0.1) is 10.8 Å². The second-order valence-corrected chi connectivity index (χ2v) is 11.9. The quantitative estimate of drug-likeness (QED) is 0.371. The van der Waals surface area contributed by atoms with Gasteiger partial charge in [-0.1, -0.05) is 71.9 Å². The first-order valence-electron chi connectivity index (χ1n) is 11.1. The monoisotopic (exact) mass is 424 g/mol. The topological polar surface area (TPSA) is 35.5 Å². The van der Waals surface area contributed by atoms with E-state index in [0.717, 1.165) is 27.9 Å². The van der Waals surface area contributed by atoms with Crippen LogP contribution in [0.25, 0.3) is 5.57 Å². The van der Waals surface area contributed by atoms with Crippen LogP contribution in [-0.4, -0.2) is 17.0 Å². The van der Waals surface area contributed by atoms with E-state index >= 15 is 0 Å². The van der Waals surface area contributed by atoms with Gasteiger partial charge in [-0.3, -0.25) is 4.79 Å².